The average Bonchev–Trinajstić information content (AvgIpc) is 2.74. The van der Waals surface area contributed by atoms with E-state index in [1.165, 1.54) is 16.7 Å². The Morgan fingerprint density at radius 3 is 2.28 bits per heavy atom. The second-order valence-electron chi connectivity index (χ2n) is 6.79. The van der Waals surface area contributed by atoms with Crippen LogP contribution in [-0.2, 0) is 20.9 Å². The normalized spacial score (nSPS) is 16.0. The van der Waals surface area contributed by atoms with E-state index in [1.54, 1.807) is 12.1 Å². The summed E-state index contributed by atoms with van der Waals surface area (Å²) in [5.74, 6) is -0.543. The third-order valence-corrected chi connectivity index (χ3v) is 4.49. The molecular weight excluding hydrogens is 381 g/mol. The lowest BCUT2D eigenvalue weighted by Gasteiger charge is -2.36. The monoisotopic (exact) mass is 409 g/mol. The van der Waals surface area contributed by atoms with Crippen molar-refractivity contribution in [1.29, 1.82) is 0 Å². The van der Waals surface area contributed by atoms with E-state index in [9.17, 15) is 18.8 Å². The molecule has 1 aliphatic rings. The first-order valence-corrected chi connectivity index (χ1v) is 9.74. The maximum absolute atomic E-state index is 14.0. The number of carbonyl (C=O) groups is 3. The summed E-state index contributed by atoms with van der Waals surface area (Å²) in [5.41, 5.74) is 0.782. The smallest absolute Gasteiger partial charge is 0.409 e. The van der Waals surface area contributed by atoms with Gasteiger partial charge in [-0.1, -0.05) is 37.3 Å². The molecule has 0 aromatic heterocycles. The minimum Gasteiger partial charge on any atom is -0.449 e. The molecule has 1 heterocycles. The van der Waals surface area contributed by atoms with Gasteiger partial charge in [0.05, 0.1) is 6.61 Å². The first-order valence-electron chi connectivity index (χ1n) is 9.74. The molecule has 1 aromatic carbocycles. The van der Waals surface area contributed by atoms with Gasteiger partial charge in [0.1, 0.15) is 18.8 Å². The average molecular weight is 409 g/mol. The van der Waals surface area contributed by atoms with Crippen LogP contribution < -0.4 is 5.32 Å². The van der Waals surface area contributed by atoms with Gasteiger partial charge in [0, 0.05) is 26.2 Å². The van der Waals surface area contributed by atoms with Crippen LogP contribution in [0.1, 0.15) is 25.8 Å². The molecule has 1 saturated heterocycles. The van der Waals surface area contributed by atoms with E-state index >= 15 is 0 Å². The van der Waals surface area contributed by atoms with Crippen molar-refractivity contribution in [3.05, 3.63) is 35.9 Å². The highest BCUT2D eigenvalue weighted by Gasteiger charge is 2.34. The number of halogens is 1. The Bertz CT molecular complexity index is 678. The Balaban J connectivity index is 1.84. The van der Waals surface area contributed by atoms with Crippen LogP contribution in [0.3, 0.4) is 0 Å². The molecule has 1 fully saturated rings. The molecule has 0 aliphatic carbocycles. The van der Waals surface area contributed by atoms with E-state index in [4.69, 9.17) is 9.47 Å². The van der Waals surface area contributed by atoms with Gasteiger partial charge in [-0.3, -0.25) is 4.79 Å². The van der Waals surface area contributed by atoms with Gasteiger partial charge in [-0.2, -0.15) is 0 Å². The number of alkyl carbamates (subject to hydrolysis) is 1. The standard InChI is InChI=1S/C20H28FN3O5/c1-3-13-28-20(27)24-11-9-23(10-12-24)18(25)17(15(2)21)22-19(26)29-14-16-7-5-4-6-8-16/h4-8,15,17H,3,9-14H2,1-2H3,(H,22,26). The molecule has 3 amide bonds. The fourth-order valence-corrected chi connectivity index (χ4v) is 2.85. The van der Waals surface area contributed by atoms with Gasteiger partial charge in [-0.05, 0) is 18.9 Å². The van der Waals surface area contributed by atoms with Gasteiger partial charge in [0.25, 0.3) is 0 Å². The molecule has 0 radical (unpaired) electrons. The lowest BCUT2D eigenvalue weighted by molar-refractivity contribution is -0.136. The molecule has 2 rings (SSSR count). The number of amides is 3. The van der Waals surface area contributed by atoms with E-state index in [1.807, 2.05) is 25.1 Å². The Hall–Kier alpha value is -2.84. The highest BCUT2D eigenvalue weighted by molar-refractivity contribution is 5.86. The zero-order valence-corrected chi connectivity index (χ0v) is 16.8. The fraction of sp³-hybridized carbons (Fsp3) is 0.550. The molecule has 1 aromatic rings. The Morgan fingerprint density at radius 1 is 1.07 bits per heavy atom. The van der Waals surface area contributed by atoms with Crippen LogP contribution in [0.2, 0.25) is 0 Å². The van der Waals surface area contributed by atoms with Gasteiger partial charge in [0.2, 0.25) is 5.91 Å². The number of alkyl halides is 1. The molecule has 2 atom stereocenters. The van der Waals surface area contributed by atoms with Gasteiger partial charge in [-0.25, -0.2) is 14.0 Å². The van der Waals surface area contributed by atoms with Crippen LogP contribution >= 0.6 is 0 Å². The maximum Gasteiger partial charge on any atom is 0.409 e. The lowest BCUT2D eigenvalue weighted by atomic mass is 10.1. The third kappa shape index (κ3) is 6.92. The van der Waals surface area contributed by atoms with Crippen molar-refractivity contribution >= 4 is 18.1 Å². The summed E-state index contributed by atoms with van der Waals surface area (Å²) in [5, 5.41) is 2.31. The molecule has 29 heavy (non-hydrogen) atoms. The van der Waals surface area contributed by atoms with Crippen molar-refractivity contribution in [2.75, 3.05) is 32.8 Å². The van der Waals surface area contributed by atoms with Crippen LogP contribution in [0.4, 0.5) is 14.0 Å². The van der Waals surface area contributed by atoms with Gasteiger partial charge in [-0.15, -0.1) is 0 Å². The number of piperazine rings is 1. The summed E-state index contributed by atoms with van der Waals surface area (Å²) in [6.07, 6.45) is -2.15. The highest BCUT2D eigenvalue weighted by atomic mass is 19.1. The molecular formula is C20H28FN3O5. The third-order valence-electron chi connectivity index (χ3n) is 4.49. The molecule has 0 saturated carbocycles. The molecule has 8 nitrogen and oxygen atoms in total. The molecule has 1 aliphatic heterocycles. The summed E-state index contributed by atoms with van der Waals surface area (Å²) in [6.45, 7) is 4.54. The molecule has 2 unspecified atom stereocenters. The second-order valence-corrected chi connectivity index (χ2v) is 6.79. The van der Waals surface area contributed by atoms with Crippen molar-refractivity contribution in [2.45, 2.75) is 39.1 Å². The number of nitrogens with one attached hydrogen (secondary N) is 1. The molecule has 0 spiro atoms. The largest absolute Gasteiger partial charge is 0.449 e. The number of hydrogen-bond donors (Lipinski definition) is 1. The summed E-state index contributed by atoms with van der Waals surface area (Å²) in [6, 6.07) is 7.69. The summed E-state index contributed by atoms with van der Waals surface area (Å²) < 4.78 is 24.2. The zero-order chi connectivity index (χ0) is 21.2. The number of ether oxygens (including phenoxy) is 2. The molecule has 0 bridgehead atoms. The summed E-state index contributed by atoms with van der Waals surface area (Å²) in [4.78, 5) is 39.5. The lowest BCUT2D eigenvalue weighted by Crippen LogP contribution is -2.58. The van der Waals surface area contributed by atoms with Crippen molar-refractivity contribution in [3.8, 4) is 0 Å². The summed E-state index contributed by atoms with van der Waals surface area (Å²) >= 11 is 0. The van der Waals surface area contributed by atoms with Crippen molar-refractivity contribution < 1.29 is 28.2 Å². The molecule has 160 valence electrons. The van der Waals surface area contributed by atoms with Gasteiger partial charge in [0.15, 0.2) is 0 Å². The van der Waals surface area contributed by atoms with Crippen LogP contribution in [0.15, 0.2) is 30.3 Å². The highest BCUT2D eigenvalue weighted by Crippen LogP contribution is 2.10. The SMILES string of the molecule is CCCOC(=O)N1CCN(C(=O)C(NC(=O)OCc2ccccc2)C(C)F)CC1. The summed E-state index contributed by atoms with van der Waals surface area (Å²) in [7, 11) is 0. The number of benzene rings is 1. The van der Waals surface area contributed by atoms with Gasteiger partial charge >= 0.3 is 12.2 Å². The first-order chi connectivity index (χ1) is 13.9. The minimum atomic E-state index is -1.60. The molecule has 9 heteroatoms. The van der Waals surface area contributed by atoms with Crippen molar-refractivity contribution in [2.24, 2.45) is 0 Å². The van der Waals surface area contributed by atoms with Crippen molar-refractivity contribution in [3.63, 3.8) is 0 Å². The zero-order valence-electron chi connectivity index (χ0n) is 16.8. The fourth-order valence-electron chi connectivity index (χ4n) is 2.85. The number of nitrogens with zero attached hydrogens (tertiary/aromatic N) is 2. The van der Waals surface area contributed by atoms with E-state index < -0.39 is 30.3 Å². The minimum absolute atomic E-state index is 0.0206. The maximum atomic E-state index is 14.0. The second kappa shape index (κ2) is 11.2. The van der Waals surface area contributed by atoms with Gasteiger partial charge < -0.3 is 24.6 Å². The number of hydrogen-bond acceptors (Lipinski definition) is 5. The Labute approximate surface area is 169 Å². The first kappa shape index (κ1) is 22.4. The Kier molecular flexibility index (Phi) is 8.69. The van der Waals surface area contributed by atoms with Crippen molar-refractivity contribution in [1.82, 2.24) is 15.1 Å². The van der Waals surface area contributed by atoms with E-state index in [2.05, 4.69) is 5.32 Å². The Morgan fingerprint density at radius 2 is 1.69 bits per heavy atom. The predicted octanol–water partition coefficient (Wildman–Crippen LogP) is 2.33. The van der Waals surface area contributed by atoms with Crippen LogP contribution in [0.25, 0.3) is 0 Å². The van der Waals surface area contributed by atoms with Crippen LogP contribution in [-0.4, -0.2) is 72.9 Å². The quantitative estimate of drug-likeness (QED) is 0.747. The van der Waals surface area contributed by atoms with E-state index in [0.29, 0.717) is 19.7 Å². The molecule has 1 N–H and O–H groups in total. The number of rotatable bonds is 7. The number of carbonyl (C=O) groups excluding carboxylic acids is 3. The van der Waals surface area contributed by atoms with Crippen LogP contribution in [0, 0.1) is 0 Å². The van der Waals surface area contributed by atoms with E-state index in [-0.39, 0.29) is 19.7 Å². The van der Waals surface area contributed by atoms with E-state index in [0.717, 1.165) is 12.0 Å². The topological polar surface area (TPSA) is 88.2 Å². The van der Waals surface area contributed by atoms with Crippen LogP contribution in [0.5, 0.6) is 0 Å². The predicted molar refractivity (Wildman–Crippen MR) is 104 cm³/mol.